The van der Waals surface area contributed by atoms with Crippen LogP contribution >= 0.6 is 0 Å². The van der Waals surface area contributed by atoms with Crippen LogP contribution in [0.5, 0.6) is 0 Å². The molecule has 1 unspecified atom stereocenters. The van der Waals surface area contributed by atoms with Crippen LogP contribution in [0.15, 0.2) is 0 Å². The van der Waals surface area contributed by atoms with E-state index in [1.54, 1.807) is 0 Å². The summed E-state index contributed by atoms with van der Waals surface area (Å²) in [5, 5.41) is 3.13. The highest BCUT2D eigenvalue weighted by Crippen LogP contribution is 2.14. The number of likely N-dealkylation sites (N-methyl/N-ethyl adjacent to an activating group) is 1. The van der Waals surface area contributed by atoms with Crippen LogP contribution in [0.4, 0.5) is 0 Å². The molecule has 1 saturated heterocycles. The second kappa shape index (κ2) is 8.09. The monoisotopic (exact) mass is 277 g/mol. The van der Waals surface area contributed by atoms with Crippen molar-refractivity contribution in [3.63, 3.8) is 0 Å². The Hall–Kier alpha value is -0.170. The van der Waals surface area contributed by atoms with Crippen LogP contribution in [0, 0.1) is 0 Å². The summed E-state index contributed by atoms with van der Waals surface area (Å²) in [6, 6.07) is 0.363. The number of piperidine rings is 1. The predicted octanol–water partition coefficient (Wildman–Crippen LogP) is 0.390. The van der Waals surface area contributed by atoms with Crippen molar-refractivity contribution < 1.29 is 8.42 Å². The molecule has 0 aliphatic carbocycles. The van der Waals surface area contributed by atoms with Crippen molar-refractivity contribution in [3.05, 3.63) is 0 Å². The van der Waals surface area contributed by atoms with Gasteiger partial charge in [0.05, 0.1) is 5.75 Å². The SMILES string of the molecule is CCNCCCS(=O)(=O)NCC1CCCCN1C. The van der Waals surface area contributed by atoms with Crippen molar-refractivity contribution in [2.45, 2.75) is 38.6 Å². The van der Waals surface area contributed by atoms with E-state index < -0.39 is 10.0 Å². The fourth-order valence-corrected chi connectivity index (χ4v) is 3.38. The Morgan fingerprint density at radius 2 is 2.11 bits per heavy atom. The van der Waals surface area contributed by atoms with Crippen LogP contribution < -0.4 is 10.0 Å². The quantitative estimate of drug-likeness (QED) is 0.630. The van der Waals surface area contributed by atoms with E-state index >= 15 is 0 Å². The molecule has 0 radical (unpaired) electrons. The number of rotatable bonds is 8. The molecule has 0 amide bonds. The van der Waals surface area contributed by atoms with Gasteiger partial charge in [-0.1, -0.05) is 13.3 Å². The normalized spacial score (nSPS) is 22.2. The highest BCUT2D eigenvalue weighted by molar-refractivity contribution is 7.89. The van der Waals surface area contributed by atoms with Crippen molar-refractivity contribution in [2.24, 2.45) is 0 Å². The molecule has 1 rings (SSSR count). The lowest BCUT2D eigenvalue weighted by molar-refractivity contribution is 0.187. The lowest BCUT2D eigenvalue weighted by Gasteiger charge is -2.32. The number of nitrogens with one attached hydrogen (secondary N) is 2. The largest absolute Gasteiger partial charge is 0.317 e. The minimum Gasteiger partial charge on any atom is -0.317 e. The van der Waals surface area contributed by atoms with Crippen LogP contribution in [-0.4, -0.2) is 58.3 Å². The van der Waals surface area contributed by atoms with E-state index in [9.17, 15) is 8.42 Å². The molecule has 0 bridgehead atoms. The maximum Gasteiger partial charge on any atom is 0.211 e. The second-order valence-electron chi connectivity index (χ2n) is 5.00. The van der Waals surface area contributed by atoms with E-state index in [4.69, 9.17) is 0 Å². The average Bonchev–Trinajstić information content (AvgIpc) is 2.34. The zero-order chi connectivity index (χ0) is 13.4. The summed E-state index contributed by atoms with van der Waals surface area (Å²) in [7, 11) is -1.03. The highest BCUT2D eigenvalue weighted by Gasteiger charge is 2.20. The van der Waals surface area contributed by atoms with Crippen molar-refractivity contribution in [2.75, 3.05) is 39.0 Å². The summed E-state index contributed by atoms with van der Waals surface area (Å²) in [5.74, 6) is 0.219. The smallest absolute Gasteiger partial charge is 0.211 e. The van der Waals surface area contributed by atoms with Gasteiger partial charge >= 0.3 is 0 Å². The first-order chi connectivity index (χ1) is 8.55. The maximum atomic E-state index is 11.8. The Labute approximate surface area is 111 Å². The van der Waals surface area contributed by atoms with E-state index in [1.807, 2.05) is 6.92 Å². The Morgan fingerprint density at radius 3 is 2.78 bits per heavy atom. The fraction of sp³-hybridized carbons (Fsp3) is 1.00. The Balaban J connectivity index is 2.23. The standard InChI is InChI=1S/C12H27N3O2S/c1-3-13-8-6-10-18(16,17)14-11-12-7-4-5-9-15(12)2/h12-14H,3-11H2,1-2H3. The van der Waals surface area contributed by atoms with Gasteiger partial charge in [-0.25, -0.2) is 13.1 Å². The third-order valence-corrected chi connectivity index (χ3v) is 4.91. The Kier molecular flexibility index (Phi) is 7.14. The molecule has 1 fully saturated rings. The molecule has 108 valence electrons. The molecule has 18 heavy (non-hydrogen) atoms. The molecule has 0 aromatic carbocycles. The summed E-state index contributed by atoms with van der Waals surface area (Å²) < 4.78 is 26.3. The zero-order valence-corrected chi connectivity index (χ0v) is 12.4. The van der Waals surface area contributed by atoms with Gasteiger partial charge in [-0.05, 0) is 45.9 Å². The van der Waals surface area contributed by atoms with E-state index in [0.717, 1.165) is 26.1 Å². The molecular weight excluding hydrogens is 250 g/mol. The van der Waals surface area contributed by atoms with E-state index in [1.165, 1.54) is 12.8 Å². The molecule has 5 nitrogen and oxygen atoms in total. The van der Waals surface area contributed by atoms with Gasteiger partial charge in [0.25, 0.3) is 0 Å². The highest BCUT2D eigenvalue weighted by atomic mass is 32.2. The first-order valence-corrected chi connectivity index (χ1v) is 8.58. The first-order valence-electron chi connectivity index (χ1n) is 6.93. The Bertz CT molecular complexity index is 319. The summed E-state index contributed by atoms with van der Waals surface area (Å²) in [5.41, 5.74) is 0. The molecular formula is C12H27N3O2S. The molecule has 0 aromatic heterocycles. The van der Waals surface area contributed by atoms with Gasteiger partial charge in [0, 0.05) is 12.6 Å². The zero-order valence-electron chi connectivity index (χ0n) is 11.6. The van der Waals surface area contributed by atoms with Crippen LogP contribution in [0.2, 0.25) is 0 Å². The van der Waals surface area contributed by atoms with E-state index in [2.05, 4.69) is 22.0 Å². The van der Waals surface area contributed by atoms with Gasteiger partial charge in [0.2, 0.25) is 10.0 Å². The third-order valence-electron chi connectivity index (χ3n) is 3.48. The fourth-order valence-electron chi connectivity index (χ4n) is 2.26. The van der Waals surface area contributed by atoms with E-state index in [-0.39, 0.29) is 5.75 Å². The van der Waals surface area contributed by atoms with Gasteiger partial charge in [-0.3, -0.25) is 0 Å². The second-order valence-corrected chi connectivity index (χ2v) is 6.93. The van der Waals surface area contributed by atoms with Gasteiger partial charge in [0.1, 0.15) is 0 Å². The number of sulfonamides is 1. The van der Waals surface area contributed by atoms with Crippen LogP contribution in [0.25, 0.3) is 0 Å². The lowest BCUT2D eigenvalue weighted by atomic mass is 10.0. The number of nitrogens with zero attached hydrogens (tertiary/aromatic N) is 1. The van der Waals surface area contributed by atoms with Crippen LogP contribution in [0.1, 0.15) is 32.6 Å². The topological polar surface area (TPSA) is 61.4 Å². The third kappa shape index (κ3) is 6.13. The van der Waals surface area contributed by atoms with E-state index in [0.29, 0.717) is 19.0 Å². The molecule has 1 aliphatic heterocycles. The van der Waals surface area contributed by atoms with Crippen LogP contribution in [-0.2, 0) is 10.0 Å². The molecule has 0 saturated carbocycles. The number of hydrogen-bond donors (Lipinski definition) is 2. The maximum absolute atomic E-state index is 11.8. The van der Waals surface area contributed by atoms with Crippen molar-refractivity contribution in [1.82, 2.24) is 14.9 Å². The molecule has 2 N–H and O–H groups in total. The summed E-state index contributed by atoms with van der Waals surface area (Å²) in [6.45, 7) is 5.31. The minimum atomic E-state index is -3.10. The molecule has 1 heterocycles. The number of likely N-dealkylation sites (tertiary alicyclic amines) is 1. The molecule has 1 atom stereocenters. The summed E-state index contributed by atoms with van der Waals surface area (Å²) in [6.07, 6.45) is 4.19. The van der Waals surface area contributed by atoms with Gasteiger partial charge < -0.3 is 10.2 Å². The van der Waals surface area contributed by atoms with Crippen LogP contribution in [0.3, 0.4) is 0 Å². The minimum absolute atomic E-state index is 0.219. The summed E-state index contributed by atoms with van der Waals surface area (Å²) >= 11 is 0. The van der Waals surface area contributed by atoms with Crippen molar-refractivity contribution in [1.29, 1.82) is 0 Å². The predicted molar refractivity (Wildman–Crippen MR) is 75.2 cm³/mol. The first kappa shape index (κ1) is 15.9. The van der Waals surface area contributed by atoms with Gasteiger partial charge in [0.15, 0.2) is 0 Å². The van der Waals surface area contributed by atoms with Crippen molar-refractivity contribution >= 4 is 10.0 Å². The van der Waals surface area contributed by atoms with Crippen molar-refractivity contribution in [3.8, 4) is 0 Å². The average molecular weight is 277 g/mol. The van der Waals surface area contributed by atoms with Gasteiger partial charge in [-0.15, -0.1) is 0 Å². The Morgan fingerprint density at radius 1 is 1.33 bits per heavy atom. The molecule has 1 aliphatic rings. The molecule has 0 aromatic rings. The summed E-state index contributed by atoms with van der Waals surface area (Å²) in [4.78, 5) is 2.25. The molecule has 6 heteroatoms. The lowest BCUT2D eigenvalue weighted by Crippen LogP contribution is -2.45. The number of hydrogen-bond acceptors (Lipinski definition) is 4. The van der Waals surface area contributed by atoms with Gasteiger partial charge in [-0.2, -0.15) is 0 Å². The molecule has 0 spiro atoms.